The molecule has 1 aromatic heterocycles. The van der Waals surface area contributed by atoms with Crippen LogP contribution in [0.5, 0.6) is 0 Å². The van der Waals surface area contributed by atoms with Gasteiger partial charge >= 0.3 is 5.97 Å². The molecule has 6 N–H and O–H groups in total. The second-order valence-electron chi connectivity index (χ2n) is 14.1. The lowest BCUT2D eigenvalue weighted by molar-refractivity contribution is -0.137. The number of aliphatic carboxylic acids is 1. The highest BCUT2D eigenvalue weighted by molar-refractivity contribution is 5.92. The molecule has 0 bridgehead atoms. The van der Waals surface area contributed by atoms with Crippen molar-refractivity contribution in [1.29, 1.82) is 0 Å². The minimum atomic E-state index is -0.979. The summed E-state index contributed by atoms with van der Waals surface area (Å²) in [5.41, 5.74) is 1.59. The lowest BCUT2D eigenvalue weighted by Crippen LogP contribution is -2.56. The Hall–Kier alpha value is -3.47. The Labute approximate surface area is 281 Å². The highest BCUT2D eigenvalue weighted by Gasteiger charge is 2.35. The predicted octanol–water partition coefficient (Wildman–Crippen LogP) is 4.62. The van der Waals surface area contributed by atoms with Crippen LogP contribution in [0.3, 0.4) is 0 Å². The van der Waals surface area contributed by atoms with Crippen LogP contribution in [0, 0.1) is 23.7 Å². The third-order valence-electron chi connectivity index (χ3n) is 8.68. The molecule has 6 atom stereocenters. The summed E-state index contributed by atoms with van der Waals surface area (Å²) < 4.78 is 0. The van der Waals surface area contributed by atoms with Crippen molar-refractivity contribution in [2.75, 3.05) is 0 Å². The number of rotatable bonds is 23. The number of carboxylic acid groups (broad SMARTS) is 1. The van der Waals surface area contributed by atoms with Crippen LogP contribution in [-0.4, -0.2) is 63.1 Å². The van der Waals surface area contributed by atoms with Crippen LogP contribution in [-0.2, 0) is 19.2 Å². The largest absolute Gasteiger partial charge is 0.481 e. The zero-order valence-electron chi connectivity index (χ0n) is 29.3. The molecule has 1 aromatic rings. The van der Waals surface area contributed by atoms with E-state index in [2.05, 4.69) is 60.5 Å². The van der Waals surface area contributed by atoms with Crippen molar-refractivity contribution in [1.82, 2.24) is 26.3 Å². The molecule has 0 saturated heterocycles. The van der Waals surface area contributed by atoms with Gasteiger partial charge in [-0.1, -0.05) is 73.5 Å². The fourth-order valence-electron chi connectivity index (χ4n) is 5.73. The molecule has 0 aromatic carbocycles. The fraction of sp³-hybridized carbons (Fsp3) is 0.694. The number of carboxylic acids is 1. The summed E-state index contributed by atoms with van der Waals surface area (Å²) in [6.45, 7) is 16.3. The molecule has 0 aliphatic heterocycles. The number of nitrogens with zero attached hydrogens (tertiary/aromatic N) is 1. The maximum absolute atomic E-state index is 13.7. The highest BCUT2D eigenvalue weighted by Crippen LogP contribution is 2.34. The van der Waals surface area contributed by atoms with E-state index in [9.17, 15) is 24.3 Å². The number of amides is 3. The smallest absolute Gasteiger partial charge is 0.303 e. The van der Waals surface area contributed by atoms with E-state index in [-0.39, 0.29) is 55.0 Å². The van der Waals surface area contributed by atoms with Crippen molar-refractivity contribution in [3.8, 4) is 0 Å². The van der Waals surface area contributed by atoms with Crippen LogP contribution >= 0.6 is 0 Å². The summed E-state index contributed by atoms with van der Waals surface area (Å²) in [6, 6.07) is 3.79. The zero-order chi connectivity index (χ0) is 35.1. The number of hydrogen-bond acceptors (Lipinski definition) is 7. The molecule has 1 saturated carbocycles. The SMILES string of the molecule is C=C(C[C@H](O)C[C@H](CC(C)C)NC(=O)[C@H](CC1CC1)NC(=O)[C@@H](NC(=O)CCCC(=O)O)[C@@H](C)CC)NC(c1ccccn1)C(C)C. The maximum Gasteiger partial charge on any atom is 0.303 e. The van der Waals surface area contributed by atoms with Gasteiger partial charge in [-0.15, -0.1) is 0 Å². The van der Waals surface area contributed by atoms with E-state index in [0.29, 0.717) is 43.7 Å². The molecule has 2 rings (SSSR count). The lowest BCUT2D eigenvalue weighted by atomic mass is 9.95. The summed E-state index contributed by atoms with van der Waals surface area (Å²) >= 11 is 0. The number of pyridine rings is 1. The second-order valence-corrected chi connectivity index (χ2v) is 14.1. The van der Waals surface area contributed by atoms with Crippen molar-refractivity contribution in [2.24, 2.45) is 23.7 Å². The summed E-state index contributed by atoms with van der Waals surface area (Å²) in [5, 5.41) is 32.2. The van der Waals surface area contributed by atoms with Crippen LogP contribution < -0.4 is 21.3 Å². The normalized spacial score (nSPS) is 16.8. The Bertz CT molecular complexity index is 1160. The standard InChI is InChI=1S/C36H59N5O6/c1-8-24(6)34(41-31(43)13-11-14-32(44)45)36(47)40-30(20-26-15-16-26)35(46)39-27(18-22(2)3)21-28(42)19-25(7)38-33(23(4)5)29-12-9-10-17-37-29/h9-10,12,17,22-24,26-28,30,33-34,38,42H,7-8,11,13-16,18-21H2,1-6H3,(H,39,46)(H,40,47)(H,41,43)(H,44,45)/t24-,27-,28-,30-,33?,34-/m0/s1. The van der Waals surface area contributed by atoms with Crippen molar-refractivity contribution < 1.29 is 29.4 Å². The first-order valence-corrected chi connectivity index (χ1v) is 17.3. The molecular formula is C36H59N5O6. The first kappa shape index (κ1) is 39.7. The van der Waals surface area contributed by atoms with E-state index in [1.54, 1.807) is 6.20 Å². The van der Waals surface area contributed by atoms with E-state index in [1.807, 2.05) is 32.0 Å². The maximum atomic E-state index is 13.7. The molecular weight excluding hydrogens is 598 g/mol. The third kappa shape index (κ3) is 15.3. The van der Waals surface area contributed by atoms with Gasteiger partial charge in [0.15, 0.2) is 0 Å². The molecule has 47 heavy (non-hydrogen) atoms. The zero-order valence-corrected chi connectivity index (χ0v) is 29.3. The Kier molecular flexibility index (Phi) is 16.9. The summed E-state index contributed by atoms with van der Waals surface area (Å²) in [6.07, 6.45) is 5.46. The summed E-state index contributed by atoms with van der Waals surface area (Å²) in [5.74, 6) is -1.45. The first-order valence-electron chi connectivity index (χ1n) is 17.3. The molecule has 1 aliphatic rings. The van der Waals surface area contributed by atoms with Gasteiger partial charge in [0.1, 0.15) is 12.1 Å². The van der Waals surface area contributed by atoms with E-state index in [4.69, 9.17) is 5.11 Å². The Morgan fingerprint density at radius 2 is 1.66 bits per heavy atom. The van der Waals surface area contributed by atoms with E-state index in [0.717, 1.165) is 18.5 Å². The van der Waals surface area contributed by atoms with Gasteiger partial charge in [0.25, 0.3) is 0 Å². The number of nitrogens with one attached hydrogen (secondary N) is 4. The van der Waals surface area contributed by atoms with Crippen LogP contribution in [0.2, 0.25) is 0 Å². The van der Waals surface area contributed by atoms with Gasteiger partial charge < -0.3 is 31.5 Å². The van der Waals surface area contributed by atoms with Crippen LogP contribution in [0.15, 0.2) is 36.7 Å². The van der Waals surface area contributed by atoms with Gasteiger partial charge in [0.05, 0.1) is 17.8 Å². The van der Waals surface area contributed by atoms with Crippen molar-refractivity contribution in [3.63, 3.8) is 0 Å². The Morgan fingerprint density at radius 1 is 0.957 bits per heavy atom. The van der Waals surface area contributed by atoms with Crippen LogP contribution in [0.25, 0.3) is 0 Å². The summed E-state index contributed by atoms with van der Waals surface area (Å²) in [4.78, 5) is 55.1. The number of carbonyl (C=O) groups is 4. The van der Waals surface area contributed by atoms with Gasteiger partial charge in [0, 0.05) is 37.2 Å². The van der Waals surface area contributed by atoms with Gasteiger partial charge in [0.2, 0.25) is 17.7 Å². The average molecular weight is 658 g/mol. The van der Waals surface area contributed by atoms with Gasteiger partial charge in [-0.05, 0) is 61.5 Å². The highest BCUT2D eigenvalue weighted by atomic mass is 16.4. The van der Waals surface area contributed by atoms with Crippen molar-refractivity contribution in [2.45, 2.75) is 136 Å². The van der Waals surface area contributed by atoms with Gasteiger partial charge in [-0.25, -0.2) is 0 Å². The van der Waals surface area contributed by atoms with Crippen molar-refractivity contribution in [3.05, 3.63) is 42.4 Å². The molecule has 3 amide bonds. The van der Waals surface area contributed by atoms with E-state index < -0.39 is 36.0 Å². The topological polar surface area (TPSA) is 170 Å². The molecule has 11 nitrogen and oxygen atoms in total. The third-order valence-corrected chi connectivity index (χ3v) is 8.68. The number of aliphatic hydroxyl groups is 1. The molecule has 0 spiro atoms. The number of aliphatic hydroxyl groups excluding tert-OH is 1. The number of carbonyl (C=O) groups excluding carboxylic acids is 3. The number of aromatic nitrogens is 1. The van der Waals surface area contributed by atoms with Crippen LogP contribution in [0.1, 0.15) is 117 Å². The average Bonchev–Trinajstić information content (AvgIpc) is 3.81. The van der Waals surface area contributed by atoms with Crippen molar-refractivity contribution >= 4 is 23.7 Å². The van der Waals surface area contributed by atoms with Gasteiger partial charge in [-0.3, -0.25) is 24.2 Å². The first-order chi connectivity index (χ1) is 22.2. The minimum absolute atomic E-state index is 0.000918. The Balaban J connectivity index is 2.07. The van der Waals surface area contributed by atoms with E-state index >= 15 is 0 Å². The molecule has 1 aliphatic carbocycles. The molecule has 11 heteroatoms. The van der Waals surface area contributed by atoms with E-state index in [1.165, 1.54) is 0 Å². The fourth-order valence-corrected chi connectivity index (χ4v) is 5.73. The molecule has 1 heterocycles. The minimum Gasteiger partial charge on any atom is -0.481 e. The molecule has 264 valence electrons. The Morgan fingerprint density at radius 3 is 2.21 bits per heavy atom. The molecule has 1 fully saturated rings. The number of hydrogen-bond donors (Lipinski definition) is 6. The monoisotopic (exact) mass is 657 g/mol. The summed E-state index contributed by atoms with van der Waals surface area (Å²) in [7, 11) is 0. The quantitative estimate of drug-likeness (QED) is 0.0990. The molecule has 1 unspecified atom stereocenters. The lowest BCUT2D eigenvalue weighted by Gasteiger charge is -2.29. The predicted molar refractivity (Wildman–Crippen MR) is 183 cm³/mol. The van der Waals surface area contributed by atoms with Crippen LogP contribution in [0.4, 0.5) is 0 Å². The van der Waals surface area contributed by atoms with Gasteiger partial charge in [-0.2, -0.15) is 0 Å². The second kappa shape index (κ2) is 20.0. The molecule has 0 radical (unpaired) electrons.